The zero-order valence-corrected chi connectivity index (χ0v) is 18.6. The van der Waals surface area contributed by atoms with E-state index >= 15 is 0 Å². The van der Waals surface area contributed by atoms with E-state index in [0.29, 0.717) is 5.56 Å². The number of benzene rings is 2. The molecule has 2 aromatic heterocycles. The predicted molar refractivity (Wildman–Crippen MR) is 128 cm³/mol. The van der Waals surface area contributed by atoms with Crippen molar-refractivity contribution in [3.63, 3.8) is 0 Å². The Bertz CT molecular complexity index is 1360. The van der Waals surface area contributed by atoms with Gasteiger partial charge in [-0.1, -0.05) is 12.1 Å². The van der Waals surface area contributed by atoms with Crippen LogP contribution < -0.4 is 5.43 Å². The van der Waals surface area contributed by atoms with E-state index in [0.717, 1.165) is 33.9 Å². The number of nitrogens with one attached hydrogen (secondary N) is 1. The van der Waals surface area contributed by atoms with Gasteiger partial charge in [-0.05, 0) is 74.9 Å². The van der Waals surface area contributed by atoms with Gasteiger partial charge in [-0.2, -0.15) is 5.10 Å². The van der Waals surface area contributed by atoms with Gasteiger partial charge in [0.25, 0.3) is 5.91 Å². The summed E-state index contributed by atoms with van der Waals surface area (Å²) in [5, 5.41) is 13.4. The number of hydrogen-bond donors (Lipinski definition) is 2. The van der Waals surface area contributed by atoms with Gasteiger partial charge >= 0.3 is 5.97 Å². The molecule has 1 amide bonds. The minimum absolute atomic E-state index is 0.253. The second-order valence-corrected chi connectivity index (χ2v) is 7.77. The molecule has 2 aromatic carbocycles. The first-order valence-electron chi connectivity index (χ1n) is 10.5. The average Bonchev–Trinajstić information content (AvgIpc) is 3.42. The number of carbonyl (C=O) groups excluding carboxylic acids is 1. The third-order valence-corrected chi connectivity index (χ3v) is 5.56. The number of para-hydroxylation sites is 1. The Balaban J connectivity index is 1.56. The van der Waals surface area contributed by atoms with Gasteiger partial charge in [-0.15, -0.1) is 0 Å². The zero-order valence-electron chi connectivity index (χ0n) is 18.6. The maximum Gasteiger partial charge on any atom is 0.335 e. The number of aryl methyl sites for hydroxylation is 2. The second kappa shape index (κ2) is 9.00. The molecule has 2 heterocycles. The highest BCUT2D eigenvalue weighted by Crippen LogP contribution is 2.23. The van der Waals surface area contributed by atoms with Crippen molar-refractivity contribution in [2.45, 2.75) is 20.8 Å². The Morgan fingerprint density at radius 1 is 0.939 bits per heavy atom. The normalized spacial score (nSPS) is 11.1. The summed E-state index contributed by atoms with van der Waals surface area (Å²) in [5.41, 5.74) is 8.69. The number of aromatic carboxylic acids is 1. The highest BCUT2D eigenvalue weighted by atomic mass is 16.4. The summed E-state index contributed by atoms with van der Waals surface area (Å²) in [6, 6.07) is 18.2. The molecule has 0 fully saturated rings. The molecule has 2 N–H and O–H groups in total. The molecule has 0 bridgehead atoms. The van der Waals surface area contributed by atoms with Gasteiger partial charge in [0.15, 0.2) is 0 Å². The fraction of sp³-hybridized carbons (Fsp3) is 0.115. The van der Waals surface area contributed by atoms with Crippen LogP contribution in [0.1, 0.15) is 43.2 Å². The molecule has 0 radical (unpaired) electrons. The molecular weight excluding hydrogens is 416 g/mol. The monoisotopic (exact) mass is 440 g/mol. The summed E-state index contributed by atoms with van der Waals surface area (Å²) >= 11 is 0. The highest BCUT2D eigenvalue weighted by Gasteiger charge is 2.14. The van der Waals surface area contributed by atoms with Crippen molar-refractivity contribution in [2.24, 2.45) is 5.10 Å². The Kier molecular flexibility index (Phi) is 5.95. The van der Waals surface area contributed by atoms with Crippen molar-refractivity contribution in [3.05, 3.63) is 107 Å². The molecule has 0 spiro atoms. The molecular formula is C26H24N4O3. The van der Waals surface area contributed by atoms with Crippen LogP contribution in [0.5, 0.6) is 0 Å². The van der Waals surface area contributed by atoms with E-state index in [4.69, 9.17) is 0 Å². The first kappa shape index (κ1) is 21.8. The number of carboxylic acids is 1. The fourth-order valence-electron chi connectivity index (χ4n) is 3.93. The Morgan fingerprint density at radius 3 is 2.36 bits per heavy atom. The minimum Gasteiger partial charge on any atom is -0.478 e. The van der Waals surface area contributed by atoms with Crippen molar-refractivity contribution in [1.29, 1.82) is 0 Å². The van der Waals surface area contributed by atoms with E-state index < -0.39 is 5.97 Å². The lowest BCUT2D eigenvalue weighted by molar-refractivity contribution is 0.0696. The number of amides is 1. The lowest BCUT2D eigenvalue weighted by Gasteiger charge is -2.13. The van der Waals surface area contributed by atoms with Crippen LogP contribution in [0, 0.1) is 20.8 Å². The number of hydrazone groups is 1. The second-order valence-electron chi connectivity index (χ2n) is 7.77. The average molecular weight is 441 g/mol. The van der Waals surface area contributed by atoms with Crippen LogP contribution in [0.25, 0.3) is 11.4 Å². The van der Waals surface area contributed by atoms with E-state index in [2.05, 4.69) is 10.5 Å². The van der Waals surface area contributed by atoms with Crippen molar-refractivity contribution >= 4 is 18.1 Å². The molecule has 0 aliphatic rings. The maximum absolute atomic E-state index is 12.8. The molecule has 0 aliphatic heterocycles. The third-order valence-electron chi connectivity index (χ3n) is 5.56. The van der Waals surface area contributed by atoms with Gasteiger partial charge < -0.3 is 14.2 Å². The van der Waals surface area contributed by atoms with Crippen LogP contribution in [0.4, 0.5) is 0 Å². The molecule has 7 heteroatoms. The first-order chi connectivity index (χ1) is 15.9. The first-order valence-corrected chi connectivity index (χ1v) is 10.5. The molecule has 33 heavy (non-hydrogen) atoms. The summed E-state index contributed by atoms with van der Waals surface area (Å²) < 4.78 is 3.93. The summed E-state index contributed by atoms with van der Waals surface area (Å²) in [5.74, 6) is -1.25. The third kappa shape index (κ3) is 4.34. The van der Waals surface area contributed by atoms with Crippen molar-refractivity contribution in [1.82, 2.24) is 14.6 Å². The smallest absolute Gasteiger partial charge is 0.335 e. The van der Waals surface area contributed by atoms with Crippen molar-refractivity contribution < 1.29 is 14.7 Å². The molecule has 0 saturated heterocycles. The largest absolute Gasteiger partial charge is 0.478 e. The summed E-state index contributed by atoms with van der Waals surface area (Å²) in [7, 11) is 0. The topological polar surface area (TPSA) is 88.6 Å². The van der Waals surface area contributed by atoms with Crippen molar-refractivity contribution in [3.8, 4) is 11.4 Å². The van der Waals surface area contributed by atoms with Crippen LogP contribution in [0.15, 0.2) is 78.2 Å². The SMILES string of the molecule is Cc1cc(C(=O)O)ccc1-n1c(C)cc(/C=N\NC(=O)c2ccccc2-n2cccc2)c1C. The lowest BCUT2D eigenvalue weighted by Crippen LogP contribution is -2.19. The number of aromatic nitrogens is 2. The molecule has 166 valence electrons. The van der Waals surface area contributed by atoms with Crippen LogP contribution in [0.3, 0.4) is 0 Å². The highest BCUT2D eigenvalue weighted by molar-refractivity contribution is 5.98. The van der Waals surface area contributed by atoms with Crippen LogP contribution in [-0.2, 0) is 0 Å². The van der Waals surface area contributed by atoms with Gasteiger partial charge in [0.05, 0.1) is 23.0 Å². The van der Waals surface area contributed by atoms with Crippen LogP contribution >= 0.6 is 0 Å². The van der Waals surface area contributed by atoms with E-state index in [1.54, 1.807) is 30.5 Å². The Labute approximate surface area is 191 Å². The van der Waals surface area contributed by atoms with Gasteiger partial charge in [-0.3, -0.25) is 4.79 Å². The molecule has 0 unspecified atom stereocenters. The molecule has 0 atom stereocenters. The quantitative estimate of drug-likeness (QED) is 0.338. The van der Waals surface area contributed by atoms with Crippen LogP contribution in [-0.4, -0.2) is 32.3 Å². The van der Waals surface area contributed by atoms with E-state index in [9.17, 15) is 14.7 Å². The van der Waals surface area contributed by atoms with Gasteiger partial charge in [0.1, 0.15) is 0 Å². The number of rotatable bonds is 6. The summed E-state index contributed by atoms with van der Waals surface area (Å²) in [6.45, 7) is 5.82. The number of nitrogens with zero attached hydrogens (tertiary/aromatic N) is 3. The van der Waals surface area contributed by atoms with Crippen LogP contribution in [0.2, 0.25) is 0 Å². The lowest BCUT2D eigenvalue weighted by atomic mass is 10.1. The standard InChI is InChI=1S/C26H24N4O3/c1-17-14-20(26(32)33)10-11-23(17)30-18(2)15-21(19(30)3)16-27-28-25(31)22-8-4-5-9-24(22)29-12-6-7-13-29/h4-16H,1-3H3,(H,28,31)(H,32,33)/b27-16-. The molecule has 7 nitrogen and oxygen atoms in total. The van der Waals surface area contributed by atoms with E-state index in [-0.39, 0.29) is 11.5 Å². The molecule has 0 aliphatic carbocycles. The maximum atomic E-state index is 12.8. The fourth-order valence-corrected chi connectivity index (χ4v) is 3.93. The molecule has 0 saturated carbocycles. The summed E-state index contributed by atoms with van der Waals surface area (Å²) in [6.07, 6.45) is 5.39. The van der Waals surface area contributed by atoms with E-state index in [1.807, 2.05) is 78.7 Å². The minimum atomic E-state index is -0.951. The van der Waals surface area contributed by atoms with E-state index in [1.165, 1.54) is 0 Å². The number of hydrogen-bond acceptors (Lipinski definition) is 3. The van der Waals surface area contributed by atoms with Gasteiger partial charge in [-0.25, -0.2) is 10.2 Å². The molecule has 4 rings (SSSR count). The van der Waals surface area contributed by atoms with Gasteiger partial charge in [0, 0.05) is 35.0 Å². The zero-order chi connectivity index (χ0) is 23.5. The number of carboxylic acid groups (broad SMARTS) is 1. The predicted octanol–water partition coefficient (Wildman–Crippen LogP) is 4.66. The summed E-state index contributed by atoms with van der Waals surface area (Å²) in [4.78, 5) is 24.0. The number of carbonyl (C=O) groups is 2. The Hall–Kier alpha value is -4.39. The molecule has 4 aromatic rings. The van der Waals surface area contributed by atoms with Gasteiger partial charge in [0.2, 0.25) is 0 Å². The Morgan fingerprint density at radius 2 is 1.67 bits per heavy atom. The van der Waals surface area contributed by atoms with Crippen molar-refractivity contribution in [2.75, 3.05) is 0 Å².